The minimum Gasteiger partial charge on any atom is -0.396 e. The number of fused-ring (bicyclic) bond motifs is 1. The molecule has 1 N–H and O–H groups in total. The van der Waals surface area contributed by atoms with Crippen LogP contribution in [0.4, 0.5) is 0 Å². The normalized spacial score (nSPS) is 22.7. The maximum atomic E-state index is 13.0. The van der Waals surface area contributed by atoms with E-state index in [0.29, 0.717) is 25.3 Å². The summed E-state index contributed by atoms with van der Waals surface area (Å²) in [4.78, 5) is 21.6. The number of ether oxygens (including phenoxy) is 1. The fraction of sp³-hybridized carbons (Fsp3) is 0.700. The van der Waals surface area contributed by atoms with Gasteiger partial charge in [0.15, 0.2) is 0 Å². The molecule has 0 aromatic carbocycles. The highest BCUT2D eigenvalue weighted by Crippen LogP contribution is 2.26. The summed E-state index contributed by atoms with van der Waals surface area (Å²) in [6.07, 6.45) is 6.15. The average Bonchev–Trinajstić information content (AvgIpc) is 3.08. The highest BCUT2D eigenvalue weighted by atomic mass is 16.5. The summed E-state index contributed by atoms with van der Waals surface area (Å²) >= 11 is 0. The number of rotatable bonds is 7. The monoisotopic (exact) mass is 361 g/mol. The van der Waals surface area contributed by atoms with Crippen LogP contribution in [0.3, 0.4) is 0 Å². The van der Waals surface area contributed by atoms with Crippen molar-refractivity contribution >= 4 is 5.91 Å². The number of aliphatic hydroxyl groups excluding tert-OH is 1. The molecule has 0 radical (unpaired) electrons. The number of hydrogen-bond donors (Lipinski definition) is 1. The van der Waals surface area contributed by atoms with Crippen molar-refractivity contribution in [3.8, 4) is 0 Å². The molecule has 144 valence electrons. The molecule has 0 bridgehead atoms. The molecule has 1 aliphatic heterocycles. The summed E-state index contributed by atoms with van der Waals surface area (Å²) in [6, 6.07) is 2.04. The van der Waals surface area contributed by atoms with E-state index in [0.717, 1.165) is 31.6 Å². The fourth-order valence-corrected chi connectivity index (χ4v) is 4.14. The summed E-state index contributed by atoms with van der Waals surface area (Å²) in [5, 5.41) is 9.76. The van der Waals surface area contributed by atoms with Gasteiger partial charge >= 0.3 is 0 Å². The Hall–Kier alpha value is -1.50. The molecule has 1 fully saturated rings. The van der Waals surface area contributed by atoms with Crippen LogP contribution in [0, 0.1) is 11.8 Å². The van der Waals surface area contributed by atoms with E-state index in [2.05, 4.69) is 16.9 Å². The number of likely N-dealkylation sites (N-methyl/N-ethyl adjacent to an activating group) is 1. The van der Waals surface area contributed by atoms with Crippen molar-refractivity contribution in [1.29, 1.82) is 0 Å². The van der Waals surface area contributed by atoms with Gasteiger partial charge in [0.05, 0.1) is 12.2 Å². The van der Waals surface area contributed by atoms with E-state index in [-0.39, 0.29) is 24.3 Å². The van der Waals surface area contributed by atoms with E-state index < -0.39 is 0 Å². The summed E-state index contributed by atoms with van der Waals surface area (Å²) in [5.41, 5.74) is 3.08. The average molecular weight is 361 g/mol. The highest BCUT2D eigenvalue weighted by molar-refractivity contribution is 5.94. The number of carbonyl (C=O) groups excluding carboxylic acids is 1. The Morgan fingerprint density at radius 2 is 2.12 bits per heavy atom. The van der Waals surface area contributed by atoms with Gasteiger partial charge in [-0.05, 0) is 50.3 Å². The second-order valence-electron chi connectivity index (χ2n) is 7.70. The van der Waals surface area contributed by atoms with Gasteiger partial charge in [0.25, 0.3) is 5.91 Å². The smallest absolute Gasteiger partial charge is 0.255 e. The molecular formula is C20H31N3O3. The minimum absolute atomic E-state index is 0.0476. The number of aryl methyl sites for hydroxylation is 2. The lowest BCUT2D eigenvalue weighted by Crippen LogP contribution is -2.33. The van der Waals surface area contributed by atoms with E-state index >= 15 is 0 Å². The van der Waals surface area contributed by atoms with E-state index in [1.165, 1.54) is 18.4 Å². The van der Waals surface area contributed by atoms with Crippen LogP contribution in [-0.4, -0.2) is 79.3 Å². The Balaban J connectivity index is 1.64. The molecule has 1 aromatic heterocycles. The van der Waals surface area contributed by atoms with Crippen molar-refractivity contribution in [2.75, 3.05) is 53.6 Å². The quantitative estimate of drug-likeness (QED) is 0.791. The van der Waals surface area contributed by atoms with Crippen molar-refractivity contribution in [2.24, 2.45) is 11.8 Å². The predicted octanol–water partition coefficient (Wildman–Crippen LogP) is 1.22. The van der Waals surface area contributed by atoms with Gasteiger partial charge in [-0.25, -0.2) is 0 Å². The number of hydrogen-bond acceptors (Lipinski definition) is 5. The van der Waals surface area contributed by atoms with Gasteiger partial charge in [-0.2, -0.15) is 0 Å². The first-order valence-electron chi connectivity index (χ1n) is 9.67. The van der Waals surface area contributed by atoms with E-state index in [1.54, 1.807) is 13.3 Å². The molecule has 2 aliphatic rings. The third kappa shape index (κ3) is 4.42. The number of carbonyl (C=O) groups is 1. The van der Waals surface area contributed by atoms with Crippen molar-refractivity contribution < 1.29 is 14.6 Å². The molecule has 2 unspecified atom stereocenters. The third-order valence-electron chi connectivity index (χ3n) is 5.74. The maximum Gasteiger partial charge on any atom is 0.255 e. The number of likely N-dealkylation sites (tertiary alicyclic amines) is 1. The Labute approximate surface area is 156 Å². The molecule has 0 saturated carbocycles. The molecule has 3 rings (SSSR count). The van der Waals surface area contributed by atoms with Gasteiger partial charge in [0.1, 0.15) is 0 Å². The lowest BCUT2D eigenvalue weighted by Gasteiger charge is -2.23. The third-order valence-corrected chi connectivity index (χ3v) is 5.74. The lowest BCUT2D eigenvalue weighted by atomic mass is 9.95. The summed E-state index contributed by atoms with van der Waals surface area (Å²) in [5.74, 6) is 0.470. The van der Waals surface area contributed by atoms with Crippen LogP contribution in [0.15, 0.2) is 12.3 Å². The SMILES string of the molecule is COCCN(C)CC1CN(C(=O)c2cnc3c(c2)CCCC3)CC1CO. The zero-order chi connectivity index (χ0) is 18.5. The molecule has 1 aliphatic carbocycles. The van der Waals surface area contributed by atoms with E-state index in [9.17, 15) is 9.90 Å². The van der Waals surface area contributed by atoms with Gasteiger partial charge in [0, 0.05) is 57.7 Å². The van der Waals surface area contributed by atoms with Crippen LogP contribution >= 0.6 is 0 Å². The van der Waals surface area contributed by atoms with Gasteiger partial charge < -0.3 is 19.6 Å². The summed E-state index contributed by atoms with van der Waals surface area (Å²) in [7, 11) is 3.76. The summed E-state index contributed by atoms with van der Waals surface area (Å²) < 4.78 is 5.13. The van der Waals surface area contributed by atoms with E-state index in [1.807, 2.05) is 11.0 Å². The fourth-order valence-electron chi connectivity index (χ4n) is 4.14. The lowest BCUT2D eigenvalue weighted by molar-refractivity contribution is 0.0778. The molecule has 2 atom stereocenters. The molecule has 6 nitrogen and oxygen atoms in total. The second-order valence-corrected chi connectivity index (χ2v) is 7.70. The number of pyridine rings is 1. The zero-order valence-electron chi connectivity index (χ0n) is 16.0. The Bertz CT molecular complexity index is 622. The Morgan fingerprint density at radius 3 is 2.88 bits per heavy atom. The van der Waals surface area contributed by atoms with Crippen molar-refractivity contribution in [2.45, 2.75) is 25.7 Å². The standard InChI is InChI=1S/C20H31N3O3/c1-22(7-8-26-2)11-17-12-23(13-18(17)14-24)20(25)16-9-15-5-3-4-6-19(15)21-10-16/h9-10,17-18,24H,3-8,11-14H2,1-2H3. The number of amides is 1. The highest BCUT2D eigenvalue weighted by Gasteiger charge is 2.35. The van der Waals surface area contributed by atoms with Crippen LogP contribution in [0.1, 0.15) is 34.5 Å². The van der Waals surface area contributed by atoms with Crippen molar-refractivity contribution in [3.05, 3.63) is 29.1 Å². The number of methoxy groups -OCH3 is 1. The Kier molecular flexibility index (Phi) is 6.62. The first kappa shape index (κ1) is 19.3. The largest absolute Gasteiger partial charge is 0.396 e. The molecule has 1 aromatic rings. The molecule has 1 amide bonds. The van der Waals surface area contributed by atoms with Crippen LogP contribution in [-0.2, 0) is 17.6 Å². The summed E-state index contributed by atoms with van der Waals surface area (Å²) in [6.45, 7) is 3.84. The molecule has 0 spiro atoms. The molecular weight excluding hydrogens is 330 g/mol. The van der Waals surface area contributed by atoms with Gasteiger partial charge in [-0.3, -0.25) is 9.78 Å². The van der Waals surface area contributed by atoms with Gasteiger partial charge in [-0.15, -0.1) is 0 Å². The first-order chi connectivity index (χ1) is 12.6. The Morgan fingerprint density at radius 1 is 1.35 bits per heavy atom. The van der Waals surface area contributed by atoms with Crippen LogP contribution in [0.5, 0.6) is 0 Å². The molecule has 26 heavy (non-hydrogen) atoms. The maximum absolute atomic E-state index is 13.0. The second kappa shape index (κ2) is 8.93. The first-order valence-corrected chi connectivity index (χ1v) is 9.67. The van der Waals surface area contributed by atoms with Gasteiger partial charge in [-0.1, -0.05) is 0 Å². The minimum atomic E-state index is 0.0476. The van der Waals surface area contributed by atoms with Gasteiger partial charge in [0.2, 0.25) is 0 Å². The number of nitrogens with zero attached hydrogens (tertiary/aromatic N) is 3. The molecule has 2 heterocycles. The van der Waals surface area contributed by atoms with Crippen LogP contribution in [0.25, 0.3) is 0 Å². The topological polar surface area (TPSA) is 65.9 Å². The molecule has 6 heteroatoms. The van der Waals surface area contributed by atoms with Crippen molar-refractivity contribution in [3.63, 3.8) is 0 Å². The zero-order valence-corrected chi connectivity index (χ0v) is 16.0. The molecule has 1 saturated heterocycles. The number of aromatic nitrogens is 1. The number of aliphatic hydroxyl groups is 1. The van der Waals surface area contributed by atoms with E-state index in [4.69, 9.17) is 4.74 Å². The van der Waals surface area contributed by atoms with Crippen LogP contribution < -0.4 is 0 Å². The predicted molar refractivity (Wildman–Crippen MR) is 100 cm³/mol. The van der Waals surface area contributed by atoms with Crippen molar-refractivity contribution in [1.82, 2.24) is 14.8 Å². The van der Waals surface area contributed by atoms with Crippen LogP contribution in [0.2, 0.25) is 0 Å².